The lowest BCUT2D eigenvalue weighted by atomic mass is 10.2. The number of aromatic nitrogens is 4. The van der Waals surface area contributed by atoms with Gasteiger partial charge in [0.05, 0.1) is 19.4 Å². The van der Waals surface area contributed by atoms with Crippen molar-refractivity contribution >= 4 is 5.91 Å². The standard InChI is InChI=1S/C16H24N6O3/c23-13(14-6-5-9-25-14)10-17-16(24)12-22-15(18-19-20-22)11-21-7-3-1-2-4-8-21/h5-6,9,13,23H,1-4,7-8,10-12H2,(H,17,24). The monoisotopic (exact) mass is 348 g/mol. The minimum Gasteiger partial charge on any atom is -0.467 e. The molecule has 1 aliphatic rings. The van der Waals surface area contributed by atoms with Gasteiger partial charge >= 0.3 is 0 Å². The number of aliphatic hydroxyl groups excluding tert-OH is 1. The van der Waals surface area contributed by atoms with E-state index >= 15 is 0 Å². The number of rotatable bonds is 7. The molecular weight excluding hydrogens is 324 g/mol. The van der Waals surface area contributed by atoms with E-state index < -0.39 is 6.10 Å². The zero-order chi connectivity index (χ0) is 17.5. The number of carbonyl (C=O) groups excluding carboxylic acids is 1. The van der Waals surface area contributed by atoms with E-state index in [1.165, 1.54) is 36.6 Å². The Labute approximate surface area is 146 Å². The van der Waals surface area contributed by atoms with E-state index in [1.54, 1.807) is 12.1 Å². The number of likely N-dealkylation sites (tertiary alicyclic amines) is 1. The summed E-state index contributed by atoms with van der Waals surface area (Å²) in [5, 5.41) is 24.2. The van der Waals surface area contributed by atoms with E-state index in [0.29, 0.717) is 18.1 Å². The Morgan fingerprint density at radius 1 is 1.32 bits per heavy atom. The van der Waals surface area contributed by atoms with Gasteiger partial charge in [0.15, 0.2) is 5.82 Å². The van der Waals surface area contributed by atoms with Gasteiger partial charge in [0.1, 0.15) is 18.4 Å². The second-order valence-electron chi connectivity index (χ2n) is 6.28. The SMILES string of the molecule is O=C(Cn1nnnc1CN1CCCCCC1)NCC(O)c1ccco1. The van der Waals surface area contributed by atoms with E-state index in [1.807, 2.05) is 0 Å². The molecular formula is C16H24N6O3. The van der Waals surface area contributed by atoms with Gasteiger partial charge in [-0.25, -0.2) is 4.68 Å². The minimum absolute atomic E-state index is 0.0288. The average Bonchev–Trinajstić information content (AvgIpc) is 3.22. The number of nitrogens with zero attached hydrogens (tertiary/aromatic N) is 5. The van der Waals surface area contributed by atoms with E-state index in [4.69, 9.17) is 4.42 Å². The van der Waals surface area contributed by atoms with Crippen LogP contribution < -0.4 is 5.32 Å². The first-order valence-electron chi connectivity index (χ1n) is 8.68. The average molecular weight is 348 g/mol. The molecule has 1 unspecified atom stereocenters. The summed E-state index contributed by atoms with van der Waals surface area (Å²) in [5.41, 5.74) is 0. The fraction of sp³-hybridized carbons (Fsp3) is 0.625. The highest BCUT2D eigenvalue weighted by atomic mass is 16.4. The highest BCUT2D eigenvalue weighted by Crippen LogP contribution is 2.12. The highest BCUT2D eigenvalue weighted by Gasteiger charge is 2.17. The van der Waals surface area contributed by atoms with Crippen LogP contribution in [0.3, 0.4) is 0 Å². The zero-order valence-electron chi connectivity index (χ0n) is 14.2. The van der Waals surface area contributed by atoms with Crippen molar-refractivity contribution < 1.29 is 14.3 Å². The Morgan fingerprint density at radius 3 is 2.84 bits per heavy atom. The largest absolute Gasteiger partial charge is 0.467 e. The normalized spacial score (nSPS) is 17.2. The smallest absolute Gasteiger partial charge is 0.241 e. The maximum atomic E-state index is 12.1. The molecule has 0 spiro atoms. The molecule has 9 heteroatoms. The van der Waals surface area contributed by atoms with Gasteiger partial charge in [-0.3, -0.25) is 9.69 Å². The number of tetrazole rings is 1. The molecule has 2 N–H and O–H groups in total. The molecule has 3 rings (SSSR count). The van der Waals surface area contributed by atoms with Crippen molar-refractivity contribution in [3.63, 3.8) is 0 Å². The third kappa shape index (κ3) is 5.10. The van der Waals surface area contributed by atoms with E-state index in [-0.39, 0.29) is 19.0 Å². The molecule has 136 valence electrons. The minimum atomic E-state index is -0.871. The van der Waals surface area contributed by atoms with Crippen molar-refractivity contribution in [2.24, 2.45) is 0 Å². The van der Waals surface area contributed by atoms with Crippen molar-refractivity contribution in [2.75, 3.05) is 19.6 Å². The predicted molar refractivity (Wildman–Crippen MR) is 88.2 cm³/mol. The van der Waals surface area contributed by atoms with E-state index in [0.717, 1.165) is 13.1 Å². The zero-order valence-corrected chi connectivity index (χ0v) is 14.2. The molecule has 0 aliphatic carbocycles. The molecule has 0 saturated carbocycles. The summed E-state index contributed by atoms with van der Waals surface area (Å²) in [6.07, 6.45) is 5.52. The lowest BCUT2D eigenvalue weighted by Gasteiger charge is -2.18. The molecule has 0 aromatic carbocycles. The quantitative estimate of drug-likeness (QED) is 0.749. The van der Waals surface area contributed by atoms with Crippen LogP contribution in [0.2, 0.25) is 0 Å². The lowest BCUT2D eigenvalue weighted by molar-refractivity contribution is -0.122. The van der Waals surface area contributed by atoms with Crippen LogP contribution in [0.25, 0.3) is 0 Å². The molecule has 1 amide bonds. The van der Waals surface area contributed by atoms with Crippen LogP contribution in [-0.4, -0.2) is 55.8 Å². The van der Waals surface area contributed by atoms with Crippen LogP contribution in [0, 0.1) is 0 Å². The third-order valence-corrected chi connectivity index (χ3v) is 4.33. The second kappa shape index (κ2) is 8.72. The van der Waals surface area contributed by atoms with Gasteiger partial charge in [-0.1, -0.05) is 12.8 Å². The van der Waals surface area contributed by atoms with E-state index in [9.17, 15) is 9.90 Å². The molecule has 1 saturated heterocycles. The number of amides is 1. The van der Waals surface area contributed by atoms with Gasteiger partial charge < -0.3 is 14.8 Å². The van der Waals surface area contributed by atoms with Crippen LogP contribution in [0.15, 0.2) is 22.8 Å². The van der Waals surface area contributed by atoms with E-state index in [2.05, 4.69) is 25.7 Å². The summed E-state index contributed by atoms with van der Waals surface area (Å²) < 4.78 is 6.62. The Balaban J connectivity index is 1.49. The van der Waals surface area contributed by atoms with Crippen molar-refractivity contribution in [1.29, 1.82) is 0 Å². The first kappa shape index (κ1) is 17.6. The Kier molecular flexibility index (Phi) is 6.13. The molecule has 3 heterocycles. The van der Waals surface area contributed by atoms with Crippen molar-refractivity contribution in [3.05, 3.63) is 30.0 Å². The Hall–Kier alpha value is -2.26. The van der Waals surface area contributed by atoms with Crippen LogP contribution >= 0.6 is 0 Å². The van der Waals surface area contributed by atoms with Crippen LogP contribution in [0.5, 0.6) is 0 Å². The Morgan fingerprint density at radius 2 is 2.12 bits per heavy atom. The van der Waals surface area contributed by atoms with Gasteiger partial charge in [0, 0.05) is 0 Å². The third-order valence-electron chi connectivity index (χ3n) is 4.33. The summed E-state index contributed by atoms with van der Waals surface area (Å²) in [6, 6.07) is 3.36. The molecule has 25 heavy (non-hydrogen) atoms. The summed E-state index contributed by atoms with van der Waals surface area (Å²) in [6.45, 7) is 2.83. The maximum absolute atomic E-state index is 12.1. The van der Waals surface area contributed by atoms with Crippen molar-refractivity contribution in [3.8, 4) is 0 Å². The van der Waals surface area contributed by atoms with Gasteiger partial charge in [-0.05, 0) is 48.5 Å². The highest BCUT2D eigenvalue weighted by molar-refractivity contribution is 5.75. The van der Waals surface area contributed by atoms with Gasteiger partial charge in [-0.2, -0.15) is 0 Å². The first-order valence-corrected chi connectivity index (χ1v) is 8.68. The fourth-order valence-electron chi connectivity index (χ4n) is 2.94. The number of carbonyl (C=O) groups is 1. The molecule has 1 aliphatic heterocycles. The summed E-state index contributed by atoms with van der Waals surface area (Å²) in [4.78, 5) is 14.4. The molecule has 2 aromatic heterocycles. The van der Waals surface area contributed by atoms with Gasteiger partial charge in [-0.15, -0.1) is 5.10 Å². The summed E-state index contributed by atoms with van der Waals surface area (Å²) in [5.74, 6) is 0.850. The number of aliphatic hydroxyl groups is 1. The van der Waals surface area contributed by atoms with Gasteiger partial charge in [0.2, 0.25) is 5.91 Å². The molecule has 0 radical (unpaired) electrons. The summed E-state index contributed by atoms with van der Waals surface area (Å²) >= 11 is 0. The number of furan rings is 1. The number of hydrogen-bond acceptors (Lipinski definition) is 7. The molecule has 2 aromatic rings. The van der Waals surface area contributed by atoms with Crippen molar-refractivity contribution in [1.82, 2.24) is 30.4 Å². The molecule has 1 fully saturated rings. The van der Waals surface area contributed by atoms with Crippen LogP contribution in [0.4, 0.5) is 0 Å². The maximum Gasteiger partial charge on any atom is 0.241 e. The van der Waals surface area contributed by atoms with Crippen molar-refractivity contribution in [2.45, 2.75) is 44.9 Å². The summed E-state index contributed by atoms with van der Waals surface area (Å²) in [7, 11) is 0. The first-order chi connectivity index (χ1) is 12.2. The molecule has 0 bridgehead atoms. The molecule has 9 nitrogen and oxygen atoms in total. The predicted octanol–water partition coefficient (Wildman–Crippen LogP) is 0.492. The van der Waals surface area contributed by atoms with Gasteiger partial charge in [0.25, 0.3) is 0 Å². The lowest BCUT2D eigenvalue weighted by Crippen LogP contribution is -2.33. The molecule has 1 atom stereocenters. The fourth-order valence-corrected chi connectivity index (χ4v) is 2.94. The number of nitrogens with one attached hydrogen (secondary N) is 1. The van der Waals surface area contributed by atoms with Crippen LogP contribution in [-0.2, 0) is 17.9 Å². The topological polar surface area (TPSA) is 109 Å². The second-order valence-corrected chi connectivity index (χ2v) is 6.28. The Bertz CT molecular complexity index is 649. The van der Waals surface area contributed by atoms with Crippen LogP contribution in [0.1, 0.15) is 43.4 Å². The number of hydrogen-bond donors (Lipinski definition) is 2.